The molecule has 10 aromatic rings. The highest BCUT2D eigenvalue weighted by Crippen LogP contribution is 2.61. The van der Waals surface area contributed by atoms with Gasteiger partial charge in [-0.25, -0.2) is 4.98 Å². The van der Waals surface area contributed by atoms with Gasteiger partial charge in [0.2, 0.25) is 5.78 Å². The Hall–Kier alpha value is -6.59. The van der Waals surface area contributed by atoms with Crippen LogP contribution in [-0.2, 0) is 5.41 Å². The first kappa shape index (κ1) is 32.5. The minimum Gasteiger partial charge on any atom is -0.310 e. The number of rotatable bonds is 6. The molecule has 4 bridgehead atoms. The van der Waals surface area contributed by atoms with Gasteiger partial charge >= 0.3 is 0 Å². The van der Waals surface area contributed by atoms with Crippen molar-refractivity contribution in [1.29, 1.82) is 0 Å². The zero-order valence-corrected chi connectivity index (χ0v) is 32.4. The lowest BCUT2D eigenvalue weighted by Gasteiger charge is -2.57. The van der Waals surface area contributed by atoms with Crippen LogP contribution in [-0.4, -0.2) is 18.5 Å². The summed E-state index contributed by atoms with van der Waals surface area (Å²) < 4.78 is 7.18. The van der Waals surface area contributed by atoms with Gasteiger partial charge in [0.25, 0.3) is 0 Å². The Kier molecular flexibility index (Phi) is 6.84. The minimum atomic E-state index is 0.360. The maximum absolute atomic E-state index is 5.30. The smallest absolute Gasteiger partial charge is 0.220 e. The monoisotopic (exact) mass is 749 g/mol. The highest BCUT2D eigenvalue weighted by Gasteiger charge is 2.51. The second-order valence-electron chi connectivity index (χ2n) is 17.6. The molecule has 7 aromatic carbocycles. The molecule has 0 radical (unpaired) electrons. The summed E-state index contributed by atoms with van der Waals surface area (Å²) >= 11 is 0. The number of fused-ring (bicyclic) bond motifs is 8. The number of benzene rings is 7. The molecule has 3 aromatic heterocycles. The normalized spacial score (nSPS) is 21.3. The van der Waals surface area contributed by atoms with Crippen LogP contribution in [0.25, 0.3) is 61.0 Å². The van der Waals surface area contributed by atoms with Gasteiger partial charge in [0.1, 0.15) is 0 Å². The van der Waals surface area contributed by atoms with Crippen molar-refractivity contribution in [2.45, 2.75) is 43.9 Å². The van der Waals surface area contributed by atoms with Crippen molar-refractivity contribution in [3.8, 4) is 11.4 Å². The molecule has 3 heterocycles. The van der Waals surface area contributed by atoms with Crippen LogP contribution in [0.5, 0.6) is 0 Å². The van der Waals surface area contributed by atoms with Crippen molar-refractivity contribution < 1.29 is 0 Å². The van der Waals surface area contributed by atoms with Crippen LogP contribution < -0.4 is 4.90 Å². The van der Waals surface area contributed by atoms with Gasteiger partial charge in [-0.1, -0.05) is 78.9 Å². The Labute approximate surface area is 337 Å². The fraction of sp³-hybridized carbons (Fsp3) is 0.189. The summed E-state index contributed by atoms with van der Waals surface area (Å²) in [6.45, 7) is 0. The van der Waals surface area contributed by atoms with Gasteiger partial charge in [-0.05, 0) is 158 Å². The number of anilines is 3. The van der Waals surface area contributed by atoms with Crippen molar-refractivity contribution in [1.82, 2.24) is 18.5 Å². The summed E-state index contributed by atoms with van der Waals surface area (Å²) in [5.41, 5.74) is 14.3. The lowest BCUT2D eigenvalue weighted by atomic mass is 9.48. The van der Waals surface area contributed by atoms with E-state index in [0.717, 1.165) is 74.0 Å². The molecule has 58 heavy (non-hydrogen) atoms. The SMILES string of the molecule is c1ccc(N(c2ccccc2)c2cccc(-n3c4ccc(-n5c6ccccc6c6cc(C78CC9CC(CC(C9)C7)C8)ccc65)cc4n4c5ccccc5nc34)c2)cc1. The summed E-state index contributed by atoms with van der Waals surface area (Å²) in [6, 6.07) is 62.2. The van der Waals surface area contributed by atoms with E-state index in [1.807, 2.05) is 0 Å². The van der Waals surface area contributed by atoms with Crippen molar-refractivity contribution in [3.05, 3.63) is 175 Å². The summed E-state index contributed by atoms with van der Waals surface area (Å²) in [4.78, 5) is 7.63. The first-order valence-corrected chi connectivity index (χ1v) is 21.1. The standard InChI is InChI=1S/C53H43N5/c1-3-12-39(13-4-1)55(40-14-5-2-6-15-40)41-16-11-17-42(30-41)57-50-25-23-43(31-51(50)58-49-21-10-8-19-46(49)54-52(57)58)56-47-20-9-7-18-44(47)45-29-38(22-24-48(45)56)53-32-35-26-36(33-53)28-37(27-35)34-53/h1-25,29-31,35-37H,26-28,32-34H2. The predicted molar refractivity (Wildman–Crippen MR) is 238 cm³/mol. The third kappa shape index (κ3) is 4.73. The van der Waals surface area contributed by atoms with E-state index in [9.17, 15) is 0 Å². The molecule has 0 atom stereocenters. The molecule has 4 saturated carbocycles. The van der Waals surface area contributed by atoms with Gasteiger partial charge in [0.05, 0.1) is 38.8 Å². The average molecular weight is 750 g/mol. The molecule has 4 aliphatic rings. The van der Waals surface area contributed by atoms with Gasteiger partial charge in [-0.3, -0.25) is 8.97 Å². The van der Waals surface area contributed by atoms with Crippen LogP contribution in [0, 0.1) is 17.8 Å². The molecule has 14 rings (SSSR count). The molecular weight excluding hydrogens is 707 g/mol. The van der Waals surface area contributed by atoms with Crippen molar-refractivity contribution >= 4 is 66.7 Å². The van der Waals surface area contributed by atoms with Crippen molar-refractivity contribution in [2.75, 3.05) is 4.90 Å². The van der Waals surface area contributed by atoms with E-state index < -0.39 is 0 Å². The Balaban J connectivity index is 1.00. The molecule has 5 nitrogen and oxygen atoms in total. The first-order valence-electron chi connectivity index (χ1n) is 21.1. The second kappa shape index (κ2) is 12.2. The highest BCUT2D eigenvalue weighted by atomic mass is 15.2. The quantitative estimate of drug-likeness (QED) is 0.169. The number of hydrogen-bond donors (Lipinski definition) is 0. The summed E-state index contributed by atoms with van der Waals surface area (Å²) in [5.74, 6) is 3.67. The Bertz CT molecular complexity index is 3150. The lowest BCUT2D eigenvalue weighted by molar-refractivity contribution is -0.00512. The van der Waals surface area contributed by atoms with E-state index in [1.165, 1.54) is 60.3 Å². The van der Waals surface area contributed by atoms with Gasteiger partial charge in [0.15, 0.2) is 0 Å². The molecule has 0 amide bonds. The average Bonchev–Trinajstić information content (AvgIpc) is 3.91. The third-order valence-electron chi connectivity index (χ3n) is 14.1. The van der Waals surface area contributed by atoms with Crippen LogP contribution in [0.3, 0.4) is 0 Å². The van der Waals surface area contributed by atoms with Gasteiger partial charge in [0, 0.05) is 33.5 Å². The minimum absolute atomic E-state index is 0.360. The van der Waals surface area contributed by atoms with Crippen LogP contribution in [0.1, 0.15) is 44.1 Å². The zero-order valence-electron chi connectivity index (χ0n) is 32.4. The Morgan fingerprint density at radius 3 is 1.79 bits per heavy atom. The van der Waals surface area contributed by atoms with E-state index in [4.69, 9.17) is 4.98 Å². The number of para-hydroxylation sites is 5. The van der Waals surface area contributed by atoms with E-state index in [2.05, 4.69) is 188 Å². The molecule has 5 heteroatoms. The van der Waals surface area contributed by atoms with Crippen LogP contribution in [0.15, 0.2) is 170 Å². The largest absolute Gasteiger partial charge is 0.310 e. The van der Waals surface area contributed by atoms with Crippen molar-refractivity contribution in [2.24, 2.45) is 17.8 Å². The second-order valence-corrected chi connectivity index (χ2v) is 17.6. The molecule has 0 N–H and O–H groups in total. The van der Waals surface area contributed by atoms with E-state index in [1.54, 1.807) is 5.56 Å². The number of imidazole rings is 2. The van der Waals surface area contributed by atoms with Crippen LogP contribution in [0.4, 0.5) is 17.1 Å². The lowest BCUT2D eigenvalue weighted by Crippen LogP contribution is -2.48. The fourth-order valence-corrected chi connectivity index (χ4v) is 12.2. The molecule has 4 aliphatic carbocycles. The van der Waals surface area contributed by atoms with E-state index in [0.29, 0.717) is 5.41 Å². The molecule has 280 valence electrons. The first-order chi connectivity index (χ1) is 28.7. The summed E-state index contributed by atoms with van der Waals surface area (Å²) in [7, 11) is 0. The summed E-state index contributed by atoms with van der Waals surface area (Å²) in [6.07, 6.45) is 8.54. The molecule has 4 fully saturated rings. The fourth-order valence-electron chi connectivity index (χ4n) is 12.2. The summed E-state index contributed by atoms with van der Waals surface area (Å²) in [5, 5.41) is 2.70. The topological polar surface area (TPSA) is 30.4 Å². The van der Waals surface area contributed by atoms with Gasteiger partial charge in [-0.15, -0.1) is 0 Å². The molecule has 0 aliphatic heterocycles. The maximum atomic E-state index is 5.30. The Morgan fingerprint density at radius 1 is 0.448 bits per heavy atom. The molecular formula is C53H43N5. The van der Waals surface area contributed by atoms with Gasteiger partial charge in [-0.2, -0.15) is 0 Å². The van der Waals surface area contributed by atoms with Crippen LogP contribution in [0.2, 0.25) is 0 Å². The van der Waals surface area contributed by atoms with E-state index >= 15 is 0 Å². The zero-order chi connectivity index (χ0) is 38.0. The van der Waals surface area contributed by atoms with E-state index in [-0.39, 0.29) is 0 Å². The maximum Gasteiger partial charge on any atom is 0.220 e. The highest BCUT2D eigenvalue weighted by molar-refractivity contribution is 6.10. The number of nitrogens with zero attached hydrogens (tertiary/aromatic N) is 5. The van der Waals surface area contributed by atoms with Gasteiger partial charge < -0.3 is 9.47 Å². The predicted octanol–water partition coefficient (Wildman–Crippen LogP) is 13.5. The van der Waals surface area contributed by atoms with Crippen LogP contribution >= 0.6 is 0 Å². The third-order valence-corrected chi connectivity index (χ3v) is 14.1. The molecule has 0 saturated heterocycles. The molecule has 0 unspecified atom stereocenters. The Morgan fingerprint density at radius 2 is 1.05 bits per heavy atom. The van der Waals surface area contributed by atoms with Crippen molar-refractivity contribution in [3.63, 3.8) is 0 Å². The molecule has 0 spiro atoms. The number of hydrogen-bond acceptors (Lipinski definition) is 2. The number of aromatic nitrogens is 4.